The van der Waals surface area contributed by atoms with Crippen molar-refractivity contribution in [2.24, 2.45) is 0 Å². The summed E-state index contributed by atoms with van der Waals surface area (Å²) < 4.78 is 5.90. The molecule has 0 aromatic rings. The van der Waals surface area contributed by atoms with Crippen LogP contribution in [0, 0.1) is 0 Å². The van der Waals surface area contributed by atoms with Gasteiger partial charge in [-0.05, 0) is 38.5 Å². The summed E-state index contributed by atoms with van der Waals surface area (Å²) in [5.41, 5.74) is 0. The second-order valence-corrected chi connectivity index (χ2v) is 18.0. The van der Waals surface area contributed by atoms with Crippen LogP contribution < -0.4 is 5.32 Å². The van der Waals surface area contributed by atoms with Crippen molar-refractivity contribution < 1.29 is 24.5 Å². The monoisotopic (exact) mass is 868 g/mol. The maximum atomic E-state index is 13.2. The predicted octanol–water partition coefficient (Wildman–Crippen LogP) is 16.0. The second kappa shape index (κ2) is 49.6. The summed E-state index contributed by atoms with van der Waals surface area (Å²) in [7, 11) is 0. The Morgan fingerprint density at radius 2 is 0.871 bits per heavy atom. The summed E-state index contributed by atoms with van der Waals surface area (Å²) in [6, 6.07) is -0.724. The van der Waals surface area contributed by atoms with E-state index in [1.807, 2.05) is 48.6 Å². The Morgan fingerprint density at radius 3 is 1.29 bits per heavy atom. The van der Waals surface area contributed by atoms with Crippen molar-refractivity contribution in [3.05, 3.63) is 60.8 Å². The summed E-state index contributed by atoms with van der Waals surface area (Å²) in [5.74, 6) is -0.540. The number of ether oxygens (including phenoxy) is 1. The third-order valence-corrected chi connectivity index (χ3v) is 12.0. The zero-order valence-electron chi connectivity index (χ0n) is 41.0. The average Bonchev–Trinajstić information content (AvgIpc) is 3.26. The molecule has 0 bridgehead atoms. The molecule has 3 N–H and O–H groups in total. The van der Waals surface area contributed by atoms with Gasteiger partial charge in [-0.25, -0.2) is 0 Å². The van der Waals surface area contributed by atoms with Crippen LogP contribution in [0.15, 0.2) is 60.8 Å². The first-order valence-corrected chi connectivity index (χ1v) is 26.6. The molecule has 1 amide bonds. The van der Waals surface area contributed by atoms with E-state index in [4.69, 9.17) is 4.74 Å². The molecule has 0 aliphatic heterocycles. The van der Waals surface area contributed by atoms with Gasteiger partial charge >= 0.3 is 5.97 Å². The van der Waals surface area contributed by atoms with Gasteiger partial charge in [-0.3, -0.25) is 9.59 Å². The lowest BCUT2D eigenvalue weighted by atomic mass is 10.0. The minimum absolute atomic E-state index is 0.0297. The van der Waals surface area contributed by atoms with Crippen molar-refractivity contribution in [2.75, 3.05) is 6.61 Å². The molecular weight excluding hydrogens is 767 g/mol. The summed E-state index contributed by atoms with van der Waals surface area (Å²) in [6.07, 6.45) is 61.5. The number of unbranched alkanes of at least 4 members (excludes halogenated alkanes) is 29. The highest BCUT2D eigenvalue weighted by Crippen LogP contribution is 2.18. The van der Waals surface area contributed by atoms with Gasteiger partial charge in [0, 0.05) is 6.42 Å². The first-order chi connectivity index (χ1) is 30.5. The standard InChI is InChI=1S/C56H101NO5/c1-4-7-10-13-16-19-22-24-25-26-27-28-29-31-34-37-40-43-46-49-56(61)62-52(47-44-41-38-35-33-30-23-20-17-14-11-8-5-2)50-55(60)57-53(51-58)54(59)48-45-42-39-36-32-21-18-15-12-9-6-3/h8,11,14,17,20,23,30,33,35,38,52-54,58-59H,4-7,9-10,12-13,15-16,18-19,21-22,24-29,31-32,34,36-37,39-51H2,1-3H3,(H,57,60)/b11-8+,17-14+,23-20-,33-30-,38-35+. The van der Waals surface area contributed by atoms with Crippen molar-refractivity contribution in [1.29, 1.82) is 0 Å². The first kappa shape index (κ1) is 59.6. The topological polar surface area (TPSA) is 95.9 Å². The normalized spacial score (nSPS) is 13.7. The number of carbonyl (C=O) groups excluding carboxylic acids is 2. The van der Waals surface area contributed by atoms with Gasteiger partial charge < -0.3 is 20.3 Å². The number of carbonyl (C=O) groups is 2. The van der Waals surface area contributed by atoms with E-state index in [-0.39, 0.29) is 24.9 Å². The molecule has 0 aromatic carbocycles. The lowest BCUT2D eigenvalue weighted by Crippen LogP contribution is -2.46. The van der Waals surface area contributed by atoms with Crippen molar-refractivity contribution >= 4 is 11.9 Å². The Bertz CT molecular complexity index is 1110. The molecule has 62 heavy (non-hydrogen) atoms. The summed E-state index contributed by atoms with van der Waals surface area (Å²) >= 11 is 0. The molecule has 0 rings (SSSR count). The van der Waals surface area contributed by atoms with Crippen LogP contribution in [-0.4, -0.2) is 46.9 Å². The van der Waals surface area contributed by atoms with E-state index < -0.39 is 18.2 Å². The van der Waals surface area contributed by atoms with Crippen LogP contribution in [0.25, 0.3) is 0 Å². The Balaban J connectivity index is 4.58. The Labute approximate surface area is 384 Å². The molecule has 0 saturated heterocycles. The number of nitrogens with one attached hydrogen (secondary N) is 1. The minimum Gasteiger partial charge on any atom is -0.462 e. The summed E-state index contributed by atoms with van der Waals surface area (Å²) in [4.78, 5) is 26.1. The fraction of sp³-hybridized carbons (Fsp3) is 0.786. The molecule has 0 radical (unpaired) electrons. The molecule has 6 nitrogen and oxygen atoms in total. The van der Waals surface area contributed by atoms with Crippen LogP contribution in [0.1, 0.15) is 258 Å². The van der Waals surface area contributed by atoms with E-state index in [9.17, 15) is 19.8 Å². The number of esters is 1. The zero-order chi connectivity index (χ0) is 45.2. The lowest BCUT2D eigenvalue weighted by Gasteiger charge is -2.24. The van der Waals surface area contributed by atoms with Gasteiger partial charge in [0.1, 0.15) is 6.10 Å². The minimum atomic E-state index is -0.806. The van der Waals surface area contributed by atoms with E-state index in [0.717, 1.165) is 57.8 Å². The molecule has 3 unspecified atom stereocenters. The molecule has 0 saturated carbocycles. The smallest absolute Gasteiger partial charge is 0.306 e. The number of hydrogen-bond donors (Lipinski definition) is 3. The highest BCUT2D eigenvalue weighted by Gasteiger charge is 2.24. The highest BCUT2D eigenvalue weighted by atomic mass is 16.5. The van der Waals surface area contributed by atoms with Gasteiger partial charge in [-0.2, -0.15) is 0 Å². The number of allylic oxidation sites excluding steroid dienone is 10. The third kappa shape index (κ3) is 44.2. The fourth-order valence-corrected chi connectivity index (χ4v) is 7.99. The summed E-state index contributed by atoms with van der Waals surface area (Å²) in [6.45, 7) is 6.32. The Kier molecular flexibility index (Phi) is 47.6. The maximum absolute atomic E-state index is 13.2. The number of rotatable bonds is 47. The number of aliphatic hydroxyl groups is 2. The second-order valence-electron chi connectivity index (χ2n) is 18.0. The molecule has 6 heteroatoms. The van der Waals surface area contributed by atoms with Gasteiger partial charge in [-0.1, -0.05) is 268 Å². The molecule has 0 aliphatic rings. The average molecular weight is 868 g/mol. The number of aliphatic hydroxyl groups excluding tert-OH is 2. The van der Waals surface area contributed by atoms with Gasteiger partial charge in [0.25, 0.3) is 0 Å². The molecular formula is C56H101NO5. The van der Waals surface area contributed by atoms with Crippen molar-refractivity contribution in [3.63, 3.8) is 0 Å². The number of amides is 1. The molecule has 0 aromatic heterocycles. The zero-order valence-corrected chi connectivity index (χ0v) is 41.0. The fourth-order valence-electron chi connectivity index (χ4n) is 7.99. The molecule has 0 heterocycles. The van der Waals surface area contributed by atoms with Crippen molar-refractivity contribution in [1.82, 2.24) is 5.32 Å². The van der Waals surface area contributed by atoms with Crippen LogP contribution in [0.4, 0.5) is 0 Å². The van der Waals surface area contributed by atoms with Gasteiger partial charge in [0.2, 0.25) is 5.91 Å². The molecule has 3 atom stereocenters. The molecule has 0 aliphatic carbocycles. The Hall–Kier alpha value is -2.44. The van der Waals surface area contributed by atoms with Gasteiger partial charge in [0.05, 0.1) is 25.2 Å². The predicted molar refractivity (Wildman–Crippen MR) is 268 cm³/mol. The van der Waals surface area contributed by atoms with Crippen LogP contribution in [0.5, 0.6) is 0 Å². The lowest BCUT2D eigenvalue weighted by molar-refractivity contribution is -0.151. The van der Waals surface area contributed by atoms with E-state index in [1.165, 1.54) is 154 Å². The molecule has 0 fully saturated rings. The van der Waals surface area contributed by atoms with Gasteiger partial charge in [0.15, 0.2) is 0 Å². The van der Waals surface area contributed by atoms with Crippen LogP contribution >= 0.6 is 0 Å². The molecule has 0 spiro atoms. The van der Waals surface area contributed by atoms with E-state index >= 15 is 0 Å². The van der Waals surface area contributed by atoms with Gasteiger partial charge in [-0.15, -0.1) is 0 Å². The van der Waals surface area contributed by atoms with Crippen molar-refractivity contribution in [3.8, 4) is 0 Å². The highest BCUT2D eigenvalue weighted by molar-refractivity contribution is 5.77. The van der Waals surface area contributed by atoms with Crippen molar-refractivity contribution in [2.45, 2.75) is 277 Å². The Morgan fingerprint density at radius 1 is 0.484 bits per heavy atom. The van der Waals surface area contributed by atoms with Crippen LogP contribution in [-0.2, 0) is 14.3 Å². The quantitative estimate of drug-likeness (QED) is 0.0322. The van der Waals surface area contributed by atoms with E-state index in [0.29, 0.717) is 19.3 Å². The summed E-state index contributed by atoms with van der Waals surface area (Å²) in [5, 5.41) is 23.7. The van der Waals surface area contributed by atoms with E-state index in [2.05, 4.69) is 38.2 Å². The third-order valence-electron chi connectivity index (χ3n) is 12.0. The van der Waals surface area contributed by atoms with E-state index in [1.54, 1.807) is 0 Å². The number of hydrogen-bond acceptors (Lipinski definition) is 5. The maximum Gasteiger partial charge on any atom is 0.306 e. The largest absolute Gasteiger partial charge is 0.462 e. The van der Waals surface area contributed by atoms with Crippen LogP contribution in [0.2, 0.25) is 0 Å². The SMILES string of the molecule is CC/C=C/C=C/C=C\C=C/C=C/CCCC(CC(=O)NC(CO)C(O)CCCCCCCCCCCCC)OC(=O)CCCCCCCCCCCCCCCCCCCCC. The van der Waals surface area contributed by atoms with Crippen LogP contribution in [0.3, 0.4) is 0 Å². The first-order valence-electron chi connectivity index (χ1n) is 26.6. The molecule has 360 valence electrons.